The number of imidazole rings is 1. The molecule has 8 heteroatoms. The Bertz CT molecular complexity index is 959. The number of benzene rings is 2. The Hall–Kier alpha value is -2.09. The summed E-state index contributed by atoms with van der Waals surface area (Å²) in [5, 5.41) is 1.07. The van der Waals surface area contributed by atoms with E-state index in [4.69, 9.17) is 16.3 Å². The van der Waals surface area contributed by atoms with Gasteiger partial charge in [0.2, 0.25) is 5.91 Å². The fraction of sp³-hybridized carbons (Fsp3) is 0.300. The maximum atomic E-state index is 14.0. The number of hydrogen-bond acceptors (Lipinski definition) is 4. The fourth-order valence-corrected chi connectivity index (χ4v) is 4.01. The van der Waals surface area contributed by atoms with Gasteiger partial charge in [0, 0.05) is 37.8 Å². The molecule has 0 spiro atoms. The van der Waals surface area contributed by atoms with Crippen molar-refractivity contribution in [1.82, 2.24) is 14.5 Å². The zero-order valence-electron chi connectivity index (χ0n) is 15.7. The first-order valence-electron chi connectivity index (χ1n) is 8.75. The van der Waals surface area contributed by atoms with Crippen molar-refractivity contribution in [2.75, 3.05) is 26.5 Å². The van der Waals surface area contributed by atoms with E-state index in [9.17, 15) is 9.18 Å². The highest BCUT2D eigenvalue weighted by molar-refractivity contribution is 7.99. The molecule has 0 fully saturated rings. The van der Waals surface area contributed by atoms with Crippen LogP contribution < -0.4 is 0 Å². The molecule has 0 aliphatic rings. The Morgan fingerprint density at radius 2 is 2.07 bits per heavy atom. The lowest BCUT2D eigenvalue weighted by Crippen LogP contribution is -2.28. The Kier molecular flexibility index (Phi) is 6.93. The van der Waals surface area contributed by atoms with Gasteiger partial charge in [-0.2, -0.15) is 0 Å². The van der Waals surface area contributed by atoms with Gasteiger partial charge in [0.05, 0.1) is 23.4 Å². The van der Waals surface area contributed by atoms with E-state index in [0.717, 1.165) is 16.2 Å². The molecule has 0 unspecified atom stereocenters. The van der Waals surface area contributed by atoms with Gasteiger partial charge in [-0.3, -0.25) is 4.79 Å². The summed E-state index contributed by atoms with van der Waals surface area (Å²) in [7, 11) is 3.29. The Morgan fingerprint density at radius 3 is 2.82 bits per heavy atom. The number of aromatic nitrogens is 2. The molecule has 1 amide bonds. The first-order chi connectivity index (χ1) is 13.5. The molecule has 28 heavy (non-hydrogen) atoms. The summed E-state index contributed by atoms with van der Waals surface area (Å²) in [6.07, 6.45) is 0. The smallest absolute Gasteiger partial charge is 0.233 e. The molecule has 1 heterocycles. The summed E-state index contributed by atoms with van der Waals surface area (Å²) in [4.78, 5) is 18.7. The number of carbonyl (C=O) groups excluding carboxylic acids is 1. The SMILES string of the molecule is COCCn1c(SCC(=O)N(C)Cc2c(F)cccc2Cl)nc2ccccc21. The van der Waals surface area contributed by atoms with Gasteiger partial charge in [-0.15, -0.1) is 0 Å². The van der Waals surface area contributed by atoms with Crippen LogP contribution in [0, 0.1) is 5.82 Å². The number of carbonyl (C=O) groups is 1. The van der Waals surface area contributed by atoms with Crippen LogP contribution in [0.25, 0.3) is 11.0 Å². The molecule has 0 aliphatic heterocycles. The quantitative estimate of drug-likeness (QED) is 0.511. The zero-order chi connectivity index (χ0) is 20.1. The molecule has 148 valence electrons. The molecule has 3 rings (SSSR count). The lowest BCUT2D eigenvalue weighted by atomic mass is 10.2. The van der Waals surface area contributed by atoms with Crippen LogP contribution in [0.3, 0.4) is 0 Å². The van der Waals surface area contributed by atoms with Crippen LogP contribution >= 0.6 is 23.4 Å². The minimum absolute atomic E-state index is 0.116. The van der Waals surface area contributed by atoms with E-state index >= 15 is 0 Å². The van der Waals surface area contributed by atoms with Crippen LogP contribution in [0.2, 0.25) is 5.02 Å². The van der Waals surface area contributed by atoms with Gasteiger partial charge in [0.25, 0.3) is 0 Å². The summed E-state index contributed by atoms with van der Waals surface area (Å²) in [5.74, 6) is -0.352. The molecule has 0 saturated carbocycles. The summed E-state index contributed by atoms with van der Waals surface area (Å²) >= 11 is 7.41. The number of rotatable bonds is 8. The van der Waals surface area contributed by atoms with Gasteiger partial charge in [0.1, 0.15) is 5.82 Å². The maximum absolute atomic E-state index is 14.0. The summed E-state index contributed by atoms with van der Waals surface area (Å²) in [5.41, 5.74) is 2.19. The normalized spacial score (nSPS) is 11.1. The Balaban J connectivity index is 1.70. The number of fused-ring (bicyclic) bond motifs is 1. The number of methoxy groups -OCH3 is 1. The molecule has 0 atom stereocenters. The van der Waals surface area contributed by atoms with Crippen LogP contribution in [-0.4, -0.2) is 46.9 Å². The van der Waals surface area contributed by atoms with E-state index in [-0.39, 0.29) is 18.2 Å². The summed E-state index contributed by atoms with van der Waals surface area (Å²) in [6, 6.07) is 12.3. The van der Waals surface area contributed by atoms with Crippen LogP contribution in [0.15, 0.2) is 47.6 Å². The molecule has 3 aromatic rings. The number of thioether (sulfide) groups is 1. The first-order valence-corrected chi connectivity index (χ1v) is 10.1. The van der Waals surface area contributed by atoms with Crippen molar-refractivity contribution < 1.29 is 13.9 Å². The molecule has 0 aliphatic carbocycles. The number of ether oxygens (including phenoxy) is 1. The van der Waals surface area contributed by atoms with Gasteiger partial charge in [-0.05, 0) is 24.3 Å². The number of hydrogen-bond donors (Lipinski definition) is 0. The second-order valence-corrected chi connectivity index (χ2v) is 7.62. The van der Waals surface area contributed by atoms with Crippen molar-refractivity contribution in [3.05, 3.63) is 58.9 Å². The van der Waals surface area contributed by atoms with Gasteiger partial charge < -0.3 is 14.2 Å². The molecule has 0 saturated heterocycles. The van der Waals surface area contributed by atoms with Crippen molar-refractivity contribution in [3.63, 3.8) is 0 Å². The van der Waals surface area contributed by atoms with Gasteiger partial charge >= 0.3 is 0 Å². The van der Waals surface area contributed by atoms with Crippen LogP contribution in [-0.2, 0) is 22.6 Å². The summed E-state index contributed by atoms with van der Waals surface area (Å²) in [6.45, 7) is 1.31. The van der Waals surface area contributed by atoms with E-state index in [1.165, 1.54) is 22.7 Å². The van der Waals surface area contributed by atoms with Crippen molar-refractivity contribution in [2.24, 2.45) is 0 Å². The molecule has 0 radical (unpaired) electrons. The van der Waals surface area contributed by atoms with E-state index in [2.05, 4.69) is 4.98 Å². The van der Waals surface area contributed by atoms with Crippen LogP contribution in [0.1, 0.15) is 5.56 Å². The van der Waals surface area contributed by atoms with Gasteiger partial charge in [-0.1, -0.05) is 41.6 Å². The monoisotopic (exact) mass is 421 g/mol. The molecule has 2 aromatic carbocycles. The van der Waals surface area contributed by atoms with Gasteiger partial charge in [0.15, 0.2) is 5.16 Å². The maximum Gasteiger partial charge on any atom is 0.233 e. The second-order valence-electron chi connectivity index (χ2n) is 6.27. The number of para-hydroxylation sites is 2. The molecule has 0 bridgehead atoms. The lowest BCUT2D eigenvalue weighted by molar-refractivity contribution is -0.127. The highest BCUT2D eigenvalue weighted by Gasteiger charge is 2.17. The van der Waals surface area contributed by atoms with Crippen molar-refractivity contribution in [2.45, 2.75) is 18.2 Å². The standard InChI is InChI=1S/C20H21ClFN3O2S/c1-24(12-14-15(21)6-5-7-16(14)22)19(26)13-28-20-23-17-8-3-4-9-18(17)25(20)10-11-27-2/h3-9H,10-13H2,1-2H3. The minimum atomic E-state index is -0.416. The predicted octanol–water partition coefficient (Wildman–Crippen LogP) is 4.23. The molecule has 1 aromatic heterocycles. The first kappa shape index (κ1) is 20.6. The van der Waals surface area contributed by atoms with Crippen molar-refractivity contribution in [3.8, 4) is 0 Å². The lowest BCUT2D eigenvalue weighted by Gasteiger charge is -2.18. The molecule has 0 N–H and O–H groups in total. The average Bonchev–Trinajstić information content (AvgIpc) is 3.04. The van der Waals surface area contributed by atoms with Crippen molar-refractivity contribution >= 4 is 40.3 Å². The number of halogens is 2. The van der Waals surface area contributed by atoms with Crippen LogP contribution in [0.5, 0.6) is 0 Å². The topological polar surface area (TPSA) is 47.4 Å². The third kappa shape index (κ3) is 4.66. The van der Waals surface area contributed by atoms with E-state index in [1.54, 1.807) is 26.3 Å². The third-order valence-corrected chi connectivity index (χ3v) is 5.66. The highest BCUT2D eigenvalue weighted by Crippen LogP contribution is 2.25. The third-order valence-electron chi connectivity index (χ3n) is 4.35. The van der Waals surface area contributed by atoms with Crippen LogP contribution in [0.4, 0.5) is 4.39 Å². The number of amides is 1. The molecular formula is C20H21ClFN3O2S. The highest BCUT2D eigenvalue weighted by atomic mass is 35.5. The molecular weight excluding hydrogens is 401 g/mol. The Labute approximate surface area is 172 Å². The Morgan fingerprint density at radius 1 is 1.29 bits per heavy atom. The van der Waals surface area contributed by atoms with E-state index in [0.29, 0.717) is 23.7 Å². The average molecular weight is 422 g/mol. The van der Waals surface area contributed by atoms with E-state index in [1.807, 2.05) is 28.8 Å². The predicted molar refractivity (Wildman–Crippen MR) is 110 cm³/mol. The second kappa shape index (κ2) is 9.41. The van der Waals surface area contributed by atoms with Gasteiger partial charge in [-0.25, -0.2) is 9.37 Å². The number of nitrogens with zero attached hydrogens (tertiary/aromatic N) is 3. The molecule has 5 nitrogen and oxygen atoms in total. The fourth-order valence-electron chi connectivity index (χ4n) is 2.81. The minimum Gasteiger partial charge on any atom is -0.383 e. The zero-order valence-corrected chi connectivity index (χ0v) is 17.3. The van der Waals surface area contributed by atoms with Crippen molar-refractivity contribution in [1.29, 1.82) is 0 Å². The van der Waals surface area contributed by atoms with E-state index < -0.39 is 5.82 Å². The summed E-state index contributed by atoms with van der Waals surface area (Å²) < 4.78 is 21.2. The largest absolute Gasteiger partial charge is 0.383 e.